The molecule has 0 unspecified atom stereocenters. The molecule has 0 spiro atoms. The van der Waals surface area contributed by atoms with Crippen LogP contribution in [-0.2, 0) is 20.7 Å². The van der Waals surface area contributed by atoms with E-state index in [1.54, 1.807) is 7.11 Å². The maximum Gasteiger partial charge on any atom is 0.331 e. The van der Waals surface area contributed by atoms with Crippen LogP contribution in [0.25, 0.3) is 0 Å². The maximum absolute atomic E-state index is 12.6. The largest absolute Gasteiger partial charge is 0.497 e. The third kappa shape index (κ3) is 4.28. The third-order valence-corrected chi connectivity index (χ3v) is 4.81. The molecule has 0 atom stereocenters. The Morgan fingerprint density at radius 3 is 2.33 bits per heavy atom. The van der Waals surface area contributed by atoms with Gasteiger partial charge in [-0.3, -0.25) is 4.79 Å². The molecule has 5 heteroatoms. The van der Waals surface area contributed by atoms with Crippen molar-refractivity contribution >= 4 is 11.9 Å². The van der Waals surface area contributed by atoms with Gasteiger partial charge in [0.2, 0.25) is 5.91 Å². The van der Waals surface area contributed by atoms with Crippen molar-refractivity contribution in [1.29, 1.82) is 0 Å². The Balaban J connectivity index is 2.11. The fraction of sp³-hybridized carbons (Fsp3) is 0.579. The summed E-state index contributed by atoms with van der Waals surface area (Å²) < 4.78 is 10.2. The molecule has 1 aromatic carbocycles. The highest BCUT2D eigenvalue weighted by atomic mass is 16.5. The zero-order valence-electron chi connectivity index (χ0n) is 14.8. The number of hydrogen-bond donors (Lipinski definition) is 1. The number of carbonyl (C=O) groups excluding carboxylic acids is 2. The van der Waals surface area contributed by atoms with E-state index in [2.05, 4.69) is 5.32 Å². The number of benzene rings is 1. The molecule has 0 saturated heterocycles. The molecule has 1 saturated carbocycles. The number of aryl methyl sites for hydroxylation is 1. The molecule has 1 N–H and O–H groups in total. The SMILES string of the molecule is COC(=O)C1(NC(=O)Cc2ccc(OC)cc2C)CCCCCC1. The van der Waals surface area contributed by atoms with Crippen LogP contribution in [0.1, 0.15) is 49.7 Å². The number of carbonyl (C=O) groups is 2. The first kappa shape index (κ1) is 18.3. The van der Waals surface area contributed by atoms with E-state index in [0.29, 0.717) is 12.8 Å². The van der Waals surface area contributed by atoms with Gasteiger partial charge in [0.1, 0.15) is 11.3 Å². The number of hydrogen-bond acceptors (Lipinski definition) is 4. The van der Waals surface area contributed by atoms with Gasteiger partial charge in [0.25, 0.3) is 0 Å². The standard InChI is InChI=1S/C19H27NO4/c1-14-12-16(23-2)9-8-15(14)13-17(21)20-19(18(22)24-3)10-6-4-5-7-11-19/h8-9,12H,4-7,10-11,13H2,1-3H3,(H,20,21). The summed E-state index contributed by atoms with van der Waals surface area (Å²) in [5.41, 5.74) is 1.06. The number of rotatable bonds is 5. The number of esters is 1. The Labute approximate surface area is 143 Å². The van der Waals surface area contributed by atoms with Crippen LogP contribution >= 0.6 is 0 Å². The van der Waals surface area contributed by atoms with E-state index in [4.69, 9.17) is 9.47 Å². The van der Waals surface area contributed by atoms with Crippen molar-refractivity contribution in [3.63, 3.8) is 0 Å². The summed E-state index contributed by atoms with van der Waals surface area (Å²) in [6.07, 6.45) is 5.57. The van der Waals surface area contributed by atoms with Gasteiger partial charge in [0, 0.05) is 0 Å². The average Bonchev–Trinajstić information content (AvgIpc) is 2.82. The van der Waals surface area contributed by atoms with Gasteiger partial charge in [-0.2, -0.15) is 0 Å². The molecule has 0 radical (unpaired) electrons. The number of ether oxygens (including phenoxy) is 2. The fourth-order valence-electron chi connectivity index (χ4n) is 3.39. The first-order chi connectivity index (χ1) is 11.5. The summed E-state index contributed by atoms with van der Waals surface area (Å²) in [6, 6.07) is 5.65. The summed E-state index contributed by atoms with van der Waals surface area (Å²) in [5.74, 6) is 0.297. The Morgan fingerprint density at radius 2 is 1.79 bits per heavy atom. The van der Waals surface area contributed by atoms with Crippen LogP contribution in [0.3, 0.4) is 0 Å². The van der Waals surface area contributed by atoms with Gasteiger partial charge in [-0.1, -0.05) is 31.7 Å². The van der Waals surface area contributed by atoms with Crippen molar-refractivity contribution < 1.29 is 19.1 Å². The van der Waals surface area contributed by atoms with Crippen molar-refractivity contribution in [2.75, 3.05) is 14.2 Å². The van der Waals surface area contributed by atoms with Crippen LogP contribution in [0, 0.1) is 6.92 Å². The Bertz CT molecular complexity index is 589. The van der Waals surface area contributed by atoms with Crippen molar-refractivity contribution in [2.24, 2.45) is 0 Å². The molecule has 24 heavy (non-hydrogen) atoms. The van der Waals surface area contributed by atoms with Crippen LogP contribution in [0.5, 0.6) is 5.75 Å². The molecule has 5 nitrogen and oxygen atoms in total. The van der Waals surface area contributed by atoms with Gasteiger partial charge in [-0.25, -0.2) is 4.79 Å². The molecule has 1 aromatic rings. The average molecular weight is 333 g/mol. The van der Waals surface area contributed by atoms with Crippen molar-refractivity contribution in [3.8, 4) is 5.75 Å². The predicted molar refractivity (Wildman–Crippen MR) is 92.0 cm³/mol. The minimum atomic E-state index is -0.872. The highest BCUT2D eigenvalue weighted by molar-refractivity contribution is 5.89. The Hall–Kier alpha value is -2.04. The zero-order valence-corrected chi connectivity index (χ0v) is 14.8. The quantitative estimate of drug-likeness (QED) is 0.665. The van der Waals surface area contributed by atoms with Crippen molar-refractivity contribution in [2.45, 2.75) is 57.4 Å². The zero-order chi connectivity index (χ0) is 17.6. The van der Waals surface area contributed by atoms with Crippen molar-refractivity contribution in [1.82, 2.24) is 5.32 Å². The topological polar surface area (TPSA) is 64.6 Å². The summed E-state index contributed by atoms with van der Waals surface area (Å²) in [4.78, 5) is 24.9. The summed E-state index contributed by atoms with van der Waals surface area (Å²) in [6.45, 7) is 1.95. The van der Waals surface area contributed by atoms with E-state index < -0.39 is 5.54 Å². The molecule has 0 aliphatic heterocycles. The van der Waals surface area contributed by atoms with Gasteiger partial charge in [-0.05, 0) is 43.0 Å². The lowest BCUT2D eigenvalue weighted by Gasteiger charge is -2.31. The molecular formula is C19H27NO4. The van der Waals surface area contributed by atoms with Gasteiger partial charge in [0.05, 0.1) is 20.6 Å². The van der Waals surface area contributed by atoms with Crippen LogP contribution < -0.4 is 10.1 Å². The monoisotopic (exact) mass is 333 g/mol. The molecule has 2 rings (SSSR count). The highest BCUT2D eigenvalue weighted by Crippen LogP contribution is 2.28. The minimum Gasteiger partial charge on any atom is -0.497 e. The van der Waals surface area contributed by atoms with Gasteiger partial charge in [-0.15, -0.1) is 0 Å². The molecule has 132 valence electrons. The first-order valence-electron chi connectivity index (χ1n) is 8.54. The second-order valence-corrected chi connectivity index (χ2v) is 6.51. The lowest BCUT2D eigenvalue weighted by atomic mass is 9.89. The summed E-state index contributed by atoms with van der Waals surface area (Å²) in [5, 5.41) is 2.98. The third-order valence-electron chi connectivity index (χ3n) is 4.81. The summed E-state index contributed by atoms with van der Waals surface area (Å²) in [7, 11) is 3.00. The van der Waals surface area contributed by atoms with E-state index in [9.17, 15) is 9.59 Å². The Morgan fingerprint density at radius 1 is 1.12 bits per heavy atom. The predicted octanol–water partition coefficient (Wildman–Crippen LogP) is 2.93. The van der Waals surface area contributed by atoms with Gasteiger partial charge in [0.15, 0.2) is 0 Å². The number of amides is 1. The van der Waals surface area contributed by atoms with Gasteiger partial charge < -0.3 is 14.8 Å². The number of nitrogens with one attached hydrogen (secondary N) is 1. The van der Waals surface area contributed by atoms with Crippen LogP contribution in [-0.4, -0.2) is 31.6 Å². The highest BCUT2D eigenvalue weighted by Gasteiger charge is 2.41. The molecule has 0 bridgehead atoms. The lowest BCUT2D eigenvalue weighted by molar-refractivity contribution is -0.151. The Kier molecular flexibility index (Phi) is 6.23. The van der Waals surface area contributed by atoms with E-state index in [1.807, 2.05) is 25.1 Å². The first-order valence-corrected chi connectivity index (χ1v) is 8.54. The van der Waals surface area contributed by atoms with Crippen LogP contribution in [0.4, 0.5) is 0 Å². The smallest absolute Gasteiger partial charge is 0.331 e. The summed E-state index contributed by atoms with van der Waals surface area (Å²) >= 11 is 0. The van der Waals surface area contributed by atoms with Crippen molar-refractivity contribution in [3.05, 3.63) is 29.3 Å². The molecule has 1 aliphatic carbocycles. The number of methoxy groups -OCH3 is 2. The van der Waals surface area contributed by atoms with Gasteiger partial charge >= 0.3 is 5.97 Å². The minimum absolute atomic E-state index is 0.143. The molecule has 0 heterocycles. The second kappa shape index (κ2) is 8.18. The molecule has 1 fully saturated rings. The molecule has 1 aliphatic rings. The fourth-order valence-corrected chi connectivity index (χ4v) is 3.39. The van der Waals surface area contributed by atoms with Crippen LogP contribution in [0.2, 0.25) is 0 Å². The molecular weight excluding hydrogens is 306 g/mol. The van der Waals surface area contributed by atoms with E-state index in [-0.39, 0.29) is 18.3 Å². The molecule has 0 aromatic heterocycles. The lowest BCUT2D eigenvalue weighted by Crippen LogP contribution is -2.55. The van der Waals surface area contributed by atoms with E-state index >= 15 is 0 Å². The second-order valence-electron chi connectivity index (χ2n) is 6.51. The van der Waals surface area contributed by atoms with E-state index in [0.717, 1.165) is 42.6 Å². The van der Waals surface area contributed by atoms with E-state index in [1.165, 1.54) is 7.11 Å². The van der Waals surface area contributed by atoms with Crippen LogP contribution in [0.15, 0.2) is 18.2 Å². The maximum atomic E-state index is 12.6. The normalized spacial score (nSPS) is 16.8. The molecule has 1 amide bonds.